The Bertz CT molecular complexity index is 754. The highest BCUT2D eigenvalue weighted by Crippen LogP contribution is 2.13. The van der Waals surface area contributed by atoms with Gasteiger partial charge in [0.05, 0.1) is 19.3 Å². The first-order valence-corrected chi connectivity index (χ1v) is 7.56. The Morgan fingerprint density at radius 1 is 0.960 bits per heavy atom. The lowest BCUT2D eigenvalue weighted by Gasteiger charge is -2.17. The number of ether oxygens (including phenoxy) is 3. The van der Waals surface area contributed by atoms with Crippen LogP contribution in [0, 0.1) is 0 Å². The molecule has 0 aromatic heterocycles. The fourth-order valence-corrected chi connectivity index (χ4v) is 2.13. The van der Waals surface area contributed by atoms with E-state index in [4.69, 9.17) is 9.47 Å². The van der Waals surface area contributed by atoms with E-state index in [2.05, 4.69) is 4.74 Å². The molecule has 25 heavy (non-hydrogen) atoms. The first-order chi connectivity index (χ1) is 12.0. The average Bonchev–Trinajstić information content (AvgIpc) is 2.64. The second-order valence-electron chi connectivity index (χ2n) is 5.17. The van der Waals surface area contributed by atoms with E-state index in [9.17, 15) is 14.4 Å². The lowest BCUT2D eigenvalue weighted by Crippen LogP contribution is -2.29. The maximum absolute atomic E-state index is 12.4. The molecule has 0 saturated heterocycles. The summed E-state index contributed by atoms with van der Waals surface area (Å²) in [4.78, 5) is 35.3. The molecular formula is C19H18O6. The van der Waals surface area contributed by atoms with Crippen LogP contribution in [-0.2, 0) is 25.6 Å². The maximum Gasteiger partial charge on any atom is 0.337 e. The van der Waals surface area contributed by atoms with Gasteiger partial charge in [-0.1, -0.05) is 42.5 Å². The van der Waals surface area contributed by atoms with Gasteiger partial charge in [0.15, 0.2) is 0 Å². The zero-order valence-electron chi connectivity index (χ0n) is 13.9. The molecule has 0 bridgehead atoms. The quantitative estimate of drug-likeness (QED) is 0.437. The van der Waals surface area contributed by atoms with Gasteiger partial charge in [-0.05, 0) is 17.7 Å². The summed E-state index contributed by atoms with van der Waals surface area (Å²) in [5.41, 5.74) is 1.37. The number of benzene rings is 2. The van der Waals surface area contributed by atoms with Gasteiger partial charge < -0.3 is 14.2 Å². The van der Waals surface area contributed by atoms with E-state index in [1.807, 2.05) is 0 Å². The van der Waals surface area contributed by atoms with E-state index in [0.717, 1.165) is 0 Å². The number of esters is 2. The summed E-state index contributed by atoms with van der Waals surface area (Å²) in [5.74, 6) is -1.56. The molecule has 0 aliphatic heterocycles. The number of rotatable bonds is 7. The molecule has 2 rings (SSSR count). The molecule has 0 N–H and O–H groups in total. The van der Waals surface area contributed by atoms with E-state index in [0.29, 0.717) is 16.7 Å². The van der Waals surface area contributed by atoms with Gasteiger partial charge in [-0.15, -0.1) is 0 Å². The zero-order chi connectivity index (χ0) is 18.2. The van der Waals surface area contributed by atoms with Crippen molar-refractivity contribution in [1.29, 1.82) is 0 Å². The number of hydrogen-bond donors (Lipinski definition) is 0. The standard InChI is InChI=1S/C19H18O6/c1-13(20)25-19(17(21)15-8-4-3-5-9-15)24-12-14-7-6-10-16(11-14)18(22)23-2/h3-11,19H,12H2,1-2H3. The normalized spacial score (nSPS) is 11.4. The topological polar surface area (TPSA) is 78.9 Å². The summed E-state index contributed by atoms with van der Waals surface area (Å²) in [6.07, 6.45) is -1.36. The molecule has 0 fully saturated rings. The number of ketones is 1. The van der Waals surface area contributed by atoms with Crippen LogP contribution in [0.1, 0.15) is 33.2 Å². The molecule has 0 aliphatic carbocycles. The van der Waals surface area contributed by atoms with Gasteiger partial charge in [-0.2, -0.15) is 0 Å². The highest BCUT2D eigenvalue weighted by Gasteiger charge is 2.24. The van der Waals surface area contributed by atoms with E-state index in [1.54, 1.807) is 54.6 Å². The van der Waals surface area contributed by atoms with Gasteiger partial charge in [-0.3, -0.25) is 9.59 Å². The Balaban J connectivity index is 2.11. The molecule has 1 atom stereocenters. The maximum atomic E-state index is 12.4. The van der Waals surface area contributed by atoms with Gasteiger partial charge in [0.1, 0.15) is 0 Å². The predicted molar refractivity (Wildman–Crippen MR) is 88.9 cm³/mol. The van der Waals surface area contributed by atoms with E-state index in [1.165, 1.54) is 14.0 Å². The number of hydrogen-bond acceptors (Lipinski definition) is 6. The molecule has 0 aliphatic rings. The highest BCUT2D eigenvalue weighted by atomic mass is 16.7. The van der Waals surface area contributed by atoms with Gasteiger partial charge in [0, 0.05) is 12.5 Å². The van der Waals surface area contributed by atoms with Crippen molar-refractivity contribution in [1.82, 2.24) is 0 Å². The summed E-state index contributed by atoms with van der Waals surface area (Å²) in [6, 6.07) is 15.0. The molecule has 130 valence electrons. The molecule has 6 heteroatoms. The third-order valence-electron chi connectivity index (χ3n) is 3.29. The minimum Gasteiger partial charge on any atom is -0.465 e. The third kappa shape index (κ3) is 5.26. The minimum atomic E-state index is -1.36. The van der Waals surface area contributed by atoms with Crippen molar-refractivity contribution < 1.29 is 28.6 Å². The second-order valence-corrected chi connectivity index (χ2v) is 5.17. The van der Waals surface area contributed by atoms with Gasteiger partial charge >= 0.3 is 11.9 Å². The summed E-state index contributed by atoms with van der Waals surface area (Å²) >= 11 is 0. The molecular weight excluding hydrogens is 324 g/mol. The summed E-state index contributed by atoms with van der Waals surface area (Å²) in [7, 11) is 1.29. The molecule has 0 amide bonds. The van der Waals surface area contributed by atoms with E-state index < -0.39 is 24.0 Å². The van der Waals surface area contributed by atoms with Crippen molar-refractivity contribution in [2.24, 2.45) is 0 Å². The number of methoxy groups -OCH3 is 1. The van der Waals surface area contributed by atoms with Crippen molar-refractivity contribution in [3.63, 3.8) is 0 Å². The predicted octanol–water partition coefficient (Wildman–Crippen LogP) is 2.76. The SMILES string of the molecule is COC(=O)c1cccc(COC(OC(C)=O)C(=O)c2ccccc2)c1. The molecule has 2 aromatic carbocycles. The Hall–Kier alpha value is -2.99. The molecule has 0 heterocycles. The van der Waals surface area contributed by atoms with Crippen LogP contribution in [0.3, 0.4) is 0 Å². The molecule has 1 unspecified atom stereocenters. The van der Waals surface area contributed by atoms with Gasteiger partial charge in [0.2, 0.25) is 5.78 Å². The highest BCUT2D eigenvalue weighted by molar-refractivity contribution is 5.99. The van der Waals surface area contributed by atoms with Crippen LogP contribution < -0.4 is 0 Å². The number of carbonyl (C=O) groups excluding carboxylic acids is 3. The van der Waals surface area contributed by atoms with Crippen LogP contribution in [0.2, 0.25) is 0 Å². The molecule has 0 saturated carbocycles. The summed E-state index contributed by atoms with van der Waals surface area (Å²) in [5, 5.41) is 0. The zero-order valence-corrected chi connectivity index (χ0v) is 13.9. The van der Waals surface area contributed by atoms with Crippen molar-refractivity contribution in [3.05, 3.63) is 71.3 Å². The van der Waals surface area contributed by atoms with Crippen molar-refractivity contribution >= 4 is 17.7 Å². The van der Waals surface area contributed by atoms with Crippen LogP contribution in [0.4, 0.5) is 0 Å². The first-order valence-electron chi connectivity index (χ1n) is 7.56. The van der Waals surface area contributed by atoms with Crippen LogP contribution in [0.5, 0.6) is 0 Å². The van der Waals surface area contributed by atoms with Gasteiger partial charge in [-0.25, -0.2) is 4.79 Å². The first kappa shape index (κ1) is 18.4. The molecule has 6 nitrogen and oxygen atoms in total. The van der Waals surface area contributed by atoms with Crippen LogP contribution in [0.25, 0.3) is 0 Å². The minimum absolute atomic E-state index is 0.0125. The number of carbonyl (C=O) groups is 3. The average molecular weight is 342 g/mol. The fourth-order valence-electron chi connectivity index (χ4n) is 2.13. The van der Waals surface area contributed by atoms with Crippen LogP contribution in [-0.4, -0.2) is 31.1 Å². The van der Waals surface area contributed by atoms with Crippen molar-refractivity contribution in [3.8, 4) is 0 Å². The lowest BCUT2D eigenvalue weighted by molar-refractivity contribution is -0.168. The third-order valence-corrected chi connectivity index (χ3v) is 3.29. The summed E-state index contributed by atoms with van der Waals surface area (Å²) < 4.78 is 15.1. The van der Waals surface area contributed by atoms with E-state index >= 15 is 0 Å². The Labute approximate surface area is 145 Å². The van der Waals surface area contributed by atoms with Crippen LogP contribution in [0.15, 0.2) is 54.6 Å². The Morgan fingerprint density at radius 3 is 2.28 bits per heavy atom. The van der Waals surface area contributed by atoms with Crippen molar-refractivity contribution in [2.75, 3.05) is 7.11 Å². The second kappa shape index (κ2) is 8.75. The van der Waals surface area contributed by atoms with E-state index in [-0.39, 0.29) is 6.61 Å². The monoisotopic (exact) mass is 342 g/mol. The smallest absolute Gasteiger partial charge is 0.337 e. The van der Waals surface area contributed by atoms with Crippen molar-refractivity contribution in [2.45, 2.75) is 19.8 Å². The number of Topliss-reactive ketones (excluding diaryl/α,β-unsaturated/α-hetero) is 1. The van der Waals surface area contributed by atoms with Crippen LogP contribution >= 0.6 is 0 Å². The lowest BCUT2D eigenvalue weighted by atomic mass is 10.1. The fraction of sp³-hybridized carbons (Fsp3) is 0.211. The molecule has 0 radical (unpaired) electrons. The largest absolute Gasteiger partial charge is 0.465 e. The molecule has 2 aromatic rings. The summed E-state index contributed by atoms with van der Waals surface area (Å²) in [6.45, 7) is 1.19. The van der Waals surface area contributed by atoms with Gasteiger partial charge in [0.25, 0.3) is 6.29 Å². The molecule has 0 spiro atoms. The Kier molecular flexibility index (Phi) is 6.42. The Morgan fingerprint density at radius 2 is 1.64 bits per heavy atom.